The van der Waals surface area contributed by atoms with Gasteiger partial charge in [-0.3, -0.25) is 4.79 Å². The van der Waals surface area contributed by atoms with Crippen LogP contribution in [0.3, 0.4) is 0 Å². The zero-order chi connectivity index (χ0) is 13.2. The van der Waals surface area contributed by atoms with Gasteiger partial charge >= 0.3 is 0 Å². The minimum Gasteiger partial charge on any atom is -0.392 e. The zero-order valence-corrected chi connectivity index (χ0v) is 11.0. The third-order valence-corrected chi connectivity index (χ3v) is 4.14. The Morgan fingerprint density at radius 2 is 1.84 bits per heavy atom. The molecule has 2 N–H and O–H groups in total. The summed E-state index contributed by atoms with van der Waals surface area (Å²) >= 11 is 0. The van der Waals surface area contributed by atoms with Crippen molar-refractivity contribution in [2.45, 2.75) is 31.4 Å². The zero-order valence-electron chi connectivity index (χ0n) is 11.0. The van der Waals surface area contributed by atoms with E-state index in [1.54, 1.807) is 0 Å². The molecular weight excluding hydrogens is 240 g/mol. The second kappa shape index (κ2) is 5.31. The average Bonchev–Trinajstić information content (AvgIpc) is 2.74. The first-order valence-electron chi connectivity index (χ1n) is 7.01. The van der Waals surface area contributed by atoms with Crippen LogP contribution in [-0.4, -0.2) is 47.7 Å². The lowest BCUT2D eigenvalue weighted by molar-refractivity contribution is -0.133. The van der Waals surface area contributed by atoms with Crippen LogP contribution in [0.25, 0.3) is 0 Å². The van der Waals surface area contributed by atoms with E-state index in [0.29, 0.717) is 13.0 Å². The molecule has 2 unspecified atom stereocenters. The maximum absolute atomic E-state index is 12.4. The van der Waals surface area contributed by atoms with Crippen molar-refractivity contribution >= 4 is 5.91 Å². The summed E-state index contributed by atoms with van der Waals surface area (Å²) in [4.78, 5) is 14.3. The Morgan fingerprint density at radius 3 is 2.37 bits per heavy atom. The van der Waals surface area contributed by atoms with Gasteiger partial charge in [0.15, 0.2) is 0 Å². The molecule has 2 heterocycles. The molecule has 0 spiro atoms. The number of aliphatic hydroxyl groups is 1. The molecule has 1 aromatic carbocycles. The fraction of sp³-hybridized carbons (Fsp3) is 0.533. The maximum atomic E-state index is 12.4. The minimum atomic E-state index is -0.377. The van der Waals surface area contributed by atoms with Crippen LogP contribution in [0.1, 0.15) is 17.5 Å². The summed E-state index contributed by atoms with van der Waals surface area (Å²) in [6.45, 7) is 2.10. The maximum Gasteiger partial charge on any atom is 0.239 e. The van der Waals surface area contributed by atoms with E-state index in [2.05, 4.69) is 29.6 Å². The Balaban J connectivity index is 1.67. The monoisotopic (exact) mass is 260 g/mol. The van der Waals surface area contributed by atoms with Crippen LogP contribution in [0.2, 0.25) is 0 Å². The average molecular weight is 260 g/mol. The topological polar surface area (TPSA) is 52.6 Å². The predicted octanol–water partition coefficient (Wildman–Crippen LogP) is 0.337. The lowest BCUT2D eigenvalue weighted by Gasteiger charge is -2.23. The number of amides is 1. The lowest BCUT2D eigenvalue weighted by atomic mass is 10.0. The molecule has 2 aliphatic rings. The summed E-state index contributed by atoms with van der Waals surface area (Å²) in [5, 5.41) is 12.6. The number of β-amino-alcohol motifs (C(OH)–C–C–N with tert-alkyl or cyclic N) is 1. The van der Waals surface area contributed by atoms with E-state index in [-0.39, 0.29) is 18.1 Å². The van der Waals surface area contributed by atoms with Crippen LogP contribution in [0.4, 0.5) is 0 Å². The number of aliphatic hydroxyl groups excluding tert-OH is 1. The van der Waals surface area contributed by atoms with E-state index in [4.69, 9.17) is 0 Å². The van der Waals surface area contributed by atoms with Gasteiger partial charge in [-0.25, -0.2) is 0 Å². The molecule has 3 rings (SSSR count). The van der Waals surface area contributed by atoms with Gasteiger partial charge in [0.05, 0.1) is 12.1 Å². The van der Waals surface area contributed by atoms with E-state index in [1.807, 2.05) is 4.90 Å². The van der Waals surface area contributed by atoms with Gasteiger partial charge in [-0.1, -0.05) is 24.3 Å². The molecule has 19 heavy (non-hydrogen) atoms. The molecule has 1 amide bonds. The van der Waals surface area contributed by atoms with Gasteiger partial charge in [0.1, 0.15) is 0 Å². The first-order valence-corrected chi connectivity index (χ1v) is 7.01. The Morgan fingerprint density at radius 1 is 1.21 bits per heavy atom. The van der Waals surface area contributed by atoms with Crippen LogP contribution < -0.4 is 5.32 Å². The smallest absolute Gasteiger partial charge is 0.239 e. The molecule has 2 aliphatic heterocycles. The summed E-state index contributed by atoms with van der Waals surface area (Å²) in [6, 6.07) is 8.23. The van der Waals surface area contributed by atoms with Crippen molar-refractivity contribution in [3.8, 4) is 0 Å². The highest BCUT2D eigenvalue weighted by atomic mass is 16.3. The highest BCUT2D eigenvalue weighted by Crippen LogP contribution is 2.17. The van der Waals surface area contributed by atoms with Crippen molar-refractivity contribution < 1.29 is 9.90 Å². The van der Waals surface area contributed by atoms with E-state index in [0.717, 1.165) is 25.9 Å². The molecule has 4 heteroatoms. The van der Waals surface area contributed by atoms with E-state index >= 15 is 0 Å². The fourth-order valence-corrected chi connectivity index (χ4v) is 3.01. The van der Waals surface area contributed by atoms with Gasteiger partial charge in [-0.2, -0.15) is 0 Å². The molecule has 0 aromatic heterocycles. The Bertz CT molecular complexity index is 448. The fourth-order valence-electron chi connectivity index (χ4n) is 3.01. The molecule has 102 valence electrons. The SMILES string of the molecule is O=C(C1CC(O)CN1)N1CCc2ccccc2CC1. The van der Waals surface area contributed by atoms with Gasteiger partial charge < -0.3 is 15.3 Å². The van der Waals surface area contributed by atoms with E-state index in [9.17, 15) is 9.90 Å². The number of nitrogens with one attached hydrogen (secondary N) is 1. The summed E-state index contributed by atoms with van der Waals surface area (Å²) in [5.41, 5.74) is 2.72. The lowest BCUT2D eigenvalue weighted by Crippen LogP contribution is -2.44. The molecular formula is C15H20N2O2. The van der Waals surface area contributed by atoms with Crippen LogP contribution in [0, 0.1) is 0 Å². The van der Waals surface area contributed by atoms with E-state index < -0.39 is 0 Å². The third kappa shape index (κ3) is 2.65. The molecule has 2 atom stereocenters. The number of rotatable bonds is 1. The molecule has 0 bridgehead atoms. The van der Waals surface area contributed by atoms with Crippen molar-refractivity contribution in [1.29, 1.82) is 0 Å². The van der Waals surface area contributed by atoms with Crippen LogP contribution in [-0.2, 0) is 17.6 Å². The number of hydrogen-bond acceptors (Lipinski definition) is 3. The molecule has 0 aliphatic carbocycles. The van der Waals surface area contributed by atoms with Crippen LogP contribution in [0.5, 0.6) is 0 Å². The summed E-state index contributed by atoms with van der Waals surface area (Å²) in [6.07, 6.45) is 2.02. The molecule has 1 fully saturated rings. The molecule has 0 radical (unpaired) electrons. The first-order chi connectivity index (χ1) is 9.24. The number of benzene rings is 1. The summed E-state index contributed by atoms with van der Waals surface area (Å²) < 4.78 is 0. The summed E-state index contributed by atoms with van der Waals surface area (Å²) in [5.74, 6) is 0.143. The normalized spacial score (nSPS) is 26.9. The van der Waals surface area contributed by atoms with Crippen molar-refractivity contribution in [3.63, 3.8) is 0 Å². The second-order valence-electron chi connectivity index (χ2n) is 5.44. The van der Waals surface area contributed by atoms with Crippen molar-refractivity contribution in [2.75, 3.05) is 19.6 Å². The van der Waals surface area contributed by atoms with Crippen molar-refractivity contribution in [2.24, 2.45) is 0 Å². The first kappa shape index (κ1) is 12.6. The molecule has 4 nitrogen and oxygen atoms in total. The molecule has 1 aromatic rings. The van der Waals surface area contributed by atoms with Gasteiger partial charge in [-0.05, 0) is 30.4 Å². The van der Waals surface area contributed by atoms with Crippen molar-refractivity contribution in [3.05, 3.63) is 35.4 Å². The van der Waals surface area contributed by atoms with Gasteiger partial charge in [0.2, 0.25) is 5.91 Å². The molecule has 0 saturated carbocycles. The largest absolute Gasteiger partial charge is 0.392 e. The van der Waals surface area contributed by atoms with Gasteiger partial charge in [0.25, 0.3) is 0 Å². The number of fused-ring (bicyclic) bond motifs is 1. The van der Waals surface area contributed by atoms with Gasteiger partial charge in [0, 0.05) is 19.6 Å². The quantitative estimate of drug-likeness (QED) is 0.765. The number of hydrogen-bond donors (Lipinski definition) is 2. The number of carbonyl (C=O) groups excluding carboxylic acids is 1. The Hall–Kier alpha value is -1.39. The second-order valence-corrected chi connectivity index (χ2v) is 5.44. The molecule has 1 saturated heterocycles. The van der Waals surface area contributed by atoms with Crippen molar-refractivity contribution in [1.82, 2.24) is 10.2 Å². The third-order valence-electron chi connectivity index (χ3n) is 4.14. The number of nitrogens with zero attached hydrogens (tertiary/aromatic N) is 1. The Kier molecular flexibility index (Phi) is 3.53. The van der Waals surface area contributed by atoms with Gasteiger partial charge in [-0.15, -0.1) is 0 Å². The van der Waals surface area contributed by atoms with Crippen LogP contribution >= 0.6 is 0 Å². The Labute approximate surface area is 113 Å². The number of carbonyl (C=O) groups is 1. The highest BCUT2D eigenvalue weighted by molar-refractivity contribution is 5.82. The standard InChI is InChI=1S/C15H20N2O2/c18-13-9-14(16-10-13)15(19)17-7-5-11-3-1-2-4-12(11)6-8-17/h1-4,13-14,16,18H,5-10H2. The highest BCUT2D eigenvalue weighted by Gasteiger charge is 2.31. The summed E-state index contributed by atoms with van der Waals surface area (Å²) in [7, 11) is 0. The predicted molar refractivity (Wildman–Crippen MR) is 72.8 cm³/mol. The minimum absolute atomic E-state index is 0.143. The van der Waals surface area contributed by atoms with E-state index in [1.165, 1.54) is 11.1 Å². The van der Waals surface area contributed by atoms with Crippen LogP contribution in [0.15, 0.2) is 24.3 Å².